The van der Waals surface area contributed by atoms with E-state index >= 15 is 0 Å². The van der Waals surface area contributed by atoms with Crippen molar-refractivity contribution >= 4 is 63.9 Å². The largest absolute Gasteiger partial charge is 0.369 e. The molecule has 1 aliphatic rings. The molecular formula is C24H17Cl4FN2O2. The van der Waals surface area contributed by atoms with Gasteiger partial charge < -0.3 is 11.1 Å². The smallest absolute Gasteiger partial charge is 0.257 e. The topological polar surface area (TPSA) is 72.2 Å². The number of alkyl halides is 2. The molecule has 0 aromatic heterocycles. The zero-order valence-electron chi connectivity index (χ0n) is 17.1. The van der Waals surface area contributed by atoms with Gasteiger partial charge in [0.15, 0.2) is 0 Å². The Bertz CT molecular complexity index is 1280. The van der Waals surface area contributed by atoms with Crippen molar-refractivity contribution in [2.24, 2.45) is 5.73 Å². The lowest BCUT2D eigenvalue weighted by Gasteiger charge is -2.19. The minimum atomic E-state index is -1.66. The van der Waals surface area contributed by atoms with E-state index in [1.54, 1.807) is 37.3 Å². The van der Waals surface area contributed by atoms with Crippen LogP contribution in [-0.2, 0) is 10.2 Å². The number of para-hydroxylation sites is 1. The molecule has 0 radical (unpaired) electrons. The predicted molar refractivity (Wildman–Crippen MR) is 130 cm³/mol. The molecule has 3 N–H and O–H groups in total. The number of amides is 2. The summed E-state index contributed by atoms with van der Waals surface area (Å²) in [4.78, 5) is 25.8. The normalized spacial score (nSPS) is 20.8. The van der Waals surface area contributed by atoms with Crippen LogP contribution in [0.4, 0.5) is 10.1 Å². The van der Waals surface area contributed by atoms with Gasteiger partial charge in [0.05, 0.1) is 15.6 Å². The molecule has 0 aliphatic heterocycles. The molecule has 1 aliphatic carbocycles. The average molecular weight is 526 g/mol. The Morgan fingerprint density at radius 2 is 1.70 bits per heavy atom. The number of halogens is 5. The van der Waals surface area contributed by atoms with Crippen LogP contribution in [0.15, 0.2) is 60.7 Å². The van der Waals surface area contributed by atoms with Crippen molar-refractivity contribution in [1.82, 2.24) is 0 Å². The van der Waals surface area contributed by atoms with E-state index in [1.807, 2.05) is 6.07 Å². The van der Waals surface area contributed by atoms with Crippen LogP contribution in [0.25, 0.3) is 0 Å². The number of aryl methyl sites for hydroxylation is 1. The van der Waals surface area contributed by atoms with Gasteiger partial charge in [-0.2, -0.15) is 0 Å². The van der Waals surface area contributed by atoms with E-state index in [2.05, 4.69) is 5.32 Å². The number of rotatable bonds is 5. The highest BCUT2D eigenvalue weighted by Gasteiger charge is 2.80. The quantitative estimate of drug-likeness (QED) is 0.379. The molecule has 9 heteroatoms. The maximum Gasteiger partial charge on any atom is 0.257 e. The molecule has 0 spiro atoms. The zero-order chi connectivity index (χ0) is 24.1. The highest BCUT2D eigenvalue weighted by atomic mass is 35.5. The number of benzene rings is 3. The van der Waals surface area contributed by atoms with Gasteiger partial charge in [0.25, 0.3) is 5.91 Å². The fraction of sp³-hybridized carbons (Fsp3) is 0.167. The molecule has 170 valence electrons. The molecule has 0 bridgehead atoms. The summed E-state index contributed by atoms with van der Waals surface area (Å²) >= 11 is 25.6. The Morgan fingerprint density at radius 3 is 2.30 bits per heavy atom. The molecule has 2 unspecified atom stereocenters. The van der Waals surface area contributed by atoms with Crippen molar-refractivity contribution in [2.45, 2.75) is 22.6 Å². The second-order valence-corrected chi connectivity index (χ2v) is 10.0. The van der Waals surface area contributed by atoms with Crippen molar-refractivity contribution in [3.05, 3.63) is 98.8 Å². The van der Waals surface area contributed by atoms with Crippen LogP contribution in [0.1, 0.15) is 33.0 Å². The van der Waals surface area contributed by atoms with Crippen LogP contribution in [0.3, 0.4) is 0 Å². The number of hydrogen-bond acceptors (Lipinski definition) is 2. The van der Waals surface area contributed by atoms with Gasteiger partial charge in [-0.1, -0.05) is 76.7 Å². The number of carbonyl (C=O) groups is 2. The van der Waals surface area contributed by atoms with Gasteiger partial charge in [0.1, 0.15) is 15.6 Å². The maximum atomic E-state index is 13.7. The third-order valence-electron chi connectivity index (χ3n) is 5.89. The van der Waals surface area contributed by atoms with E-state index in [1.165, 1.54) is 18.2 Å². The minimum absolute atomic E-state index is 0.128. The fourth-order valence-electron chi connectivity index (χ4n) is 4.25. The molecule has 4 rings (SSSR count). The summed E-state index contributed by atoms with van der Waals surface area (Å²) in [7, 11) is 0. The van der Waals surface area contributed by atoms with Crippen molar-refractivity contribution in [2.75, 3.05) is 5.32 Å². The Balaban J connectivity index is 1.83. The molecule has 33 heavy (non-hydrogen) atoms. The summed E-state index contributed by atoms with van der Waals surface area (Å²) < 4.78 is 12.1. The number of hydrogen-bond donors (Lipinski definition) is 2. The molecular weight excluding hydrogens is 509 g/mol. The Hall–Kier alpha value is -2.31. The van der Waals surface area contributed by atoms with E-state index in [0.29, 0.717) is 22.4 Å². The van der Waals surface area contributed by atoms with Crippen LogP contribution in [0, 0.1) is 12.7 Å². The fourth-order valence-corrected chi connectivity index (χ4v) is 5.72. The van der Waals surface area contributed by atoms with Crippen LogP contribution in [0.5, 0.6) is 0 Å². The molecule has 3 aromatic carbocycles. The summed E-state index contributed by atoms with van der Waals surface area (Å²) in [5.74, 6) is -2.72. The first-order chi connectivity index (χ1) is 15.5. The zero-order valence-corrected chi connectivity index (χ0v) is 20.2. The van der Waals surface area contributed by atoms with E-state index in [-0.39, 0.29) is 15.6 Å². The summed E-state index contributed by atoms with van der Waals surface area (Å²) in [6, 6.07) is 15.9. The molecule has 3 aromatic rings. The van der Waals surface area contributed by atoms with Gasteiger partial charge in [-0.3, -0.25) is 9.59 Å². The number of nitrogens with one attached hydrogen (secondary N) is 1. The Labute approximate surface area is 209 Å². The van der Waals surface area contributed by atoms with Crippen molar-refractivity contribution in [3.8, 4) is 0 Å². The van der Waals surface area contributed by atoms with Gasteiger partial charge in [-0.25, -0.2) is 4.39 Å². The van der Waals surface area contributed by atoms with Crippen molar-refractivity contribution in [3.63, 3.8) is 0 Å². The molecule has 0 heterocycles. The van der Waals surface area contributed by atoms with E-state index in [9.17, 15) is 14.0 Å². The predicted octanol–water partition coefficient (Wildman–Crippen LogP) is 6.39. The maximum absolute atomic E-state index is 13.7. The number of carbonyl (C=O) groups excluding carboxylic acids is 2. The van der Waals surface area contributed by atoms with Crippen LogP contribution >= 0.6 is 46.4 Å². The summed E-state index contributed by atoms with van der Waals surface area (Å²) in [5, 5.41) is 2.84. The highest BCUT2D eigenvalue weighted by molar-refractivity contribution is 6.55. The summed E-state index contributed by atoms with van der Waals surface area (Å²) in [5.41, 5.74) is 6.22. The van der Waals surface area contributed by atoms with Gasteiger partial charge >= 0.3 is 0 Å². The van der Waals surface area contributed by atoms with E-state index < -0.39 is 33.3 Å². The first-order valence-corrected chi connectivity index (χ1v) is 11.3. The molecule has 1 fully saturated rings. The van der Waals surface area contributed by atoms with Crippen molar-refractivity contribution < 1.29 is 14.0 Å². The lowest BCUT2D eigenvalue weighted by molar-refractivity contribution is -0.120. The minimum Gasteiger partial charge on any atom is -0.369 e. The molecule has 1 saturated carbocycles. The number of primary amides is 1. The van der Waals surface area contributed by atoms with Crippen LogP contribution in [0.2, 0.25) is 10.0 Å². The monoisotopic (exact) mass is 524 g/mol. The lowest BCUT2D eigenvalue weighted by Crippen LogP contribution is -2.34. The van der Waals surface area contributed by atoms with Gasteiger partial charge in [-0.05, 0) is 53.9 Å². The first-order valence-electron chi connectivity index (χ1n) is 9.81. The Kier molecular flexibility index (Phi) is 6.12. The number of anilines is 1. The van der Waals surface area contributed by atoms with Crippen molar-refractivity contribution in [1.29, 1.82) is 0 Å². The lowest BCUT2D eigenvalue weighted by atomic mass is 9.87. The molecule has 0 saturated heterocycles. The molecule has 4 nitrogen and oxygen atoms in total. The standard InChI is InChI=1S/C24H17Cl4FN2O2/c1-12-9-14(11-16(19(12)26)21(32)31-15-5-3-2-4-6-15)23(22(30)33)20(24(23,27)28)13-7-8-18(29)17(25)10-13/h2-11,20H,1H3,(H2,30,33)(H,31,32). The van der Waals surface area contributed by atoms with Gasteiger partial charge in [0.2, 0.25) is 5.91 Å². The summed E-state index contributed by atoms with van der Waals surface area (Å²) in [6.45, 7) is 1.69. The second-order valence-electron chi connectivity index (χ2n) is 7.88. The number of nitrogens with two attached hydrogens (primary N) is 1. The second kappa shape index (κ2) is 8.48. The SMILES string of the molecule is Cc1cc(C2(C(N)=O)C(c3ccc(F)c(Cl)c3)C2(Cl)Cl)cc(C(=O)Nc2ccccc2)c1Cl. The molecule has 2 amide bonds. The van der Waals surface area contributed by atoms with E-state index in [0.717, 1.165) is 6.07 Å². The first kappa shape index (κ1) is 23.8. The van der Waals surface area contributed by atoms with Crippen LogP contribution < -0.4 is 11.1 Å². The van der Waals surface area contributed by atoms with E-state index in [4.69, 9.17) is 52.1 Å². The van der Waals surface area contributed by atoms with Crippen LogP contribution in [-0.4, -0.2) is 16.1 Å². The average Bonchev–Trinajstić information content (AvgIpc) is 3.30. The third kappa shape index (κ3) is 3.77. The Morgan fingerprint density at radius 1 is 1.03 bits per heavy atom. The highest BCUT2D eigenvalue weighted by Crippen LogP contribution is 2.74. The van der Waals surface area contributed by atoms with Gasteiger partial charge in [-0.15, -0.1) is 0 Å². The molecule has 2 atom stereocenters. The third-order valence-corrected chi connectivity index (χ3v) is 7.71. The summed E-state index contributed by atoms with van der Waals surface area (Å²) in [6.07, 6.45) is 0. The van der Waals surface area contributed by atoms with Gasteiger partial charge in [0, 0.05) is 11.6 Å².